The molecule has 9 nitrogen and oxygen atoms in total. The Hall–Kier alpha value is -4.01. The quantitative estimate of drug-likeness (QED) is 0.577. The summed E-state index contributed by atoms with van der Waals surface area (Å²) < 4.78 is 0. The van der Waals surface area contributed by atoms with E-state index < -0.39 is 15.9 Å². The SMILES string of the molecule is CC(=O)N1NC2=C(CCC/C2=C\c2cccc([N+](=O)[O-])c2)[C@@H]1c1cccc([N+](=O)[O-])c1. The number of hydrogen-bond acceptors (Lipinski definition) is 6. The molecule has 0 bridgehead atoms. The Morgan fingerprint density at radius 3 is 2.42 bits per heavy atom. The topological polar surface area (TPSA) is 119 Å². The number of nitrogens with zero attached hydrogens (tertiary/aromatic N) is 3. The zero-order chi connectivity index (χ0) is 22.1. The van der Waals surface area contributed by atoms with Crippen molar-refractivity contribution in [3.63, 3.8) is 0 Å². The highest BCUT2D eigenvalue weighted by molar-refractivity contribution is 5.76. The van der Waals surface area contributed by atoms with Crippen LogP contribution in [0.1, 0.15) is 43.4 Å². The molecule has 0 aromatic heterocycles. The second kappa shape index (κ2) is 8.02. The molecule has 0 spiro atoms. The van der Waals surface area contributed by atoms with Gasteiger partial charge in [0.1, 0.15) is 6.04 Å². The van der Waals surface area contributed by atoms with Gasteiger partial charge >= 0.3 is 0 Å². The van der Waals surface area contributed by atoms with Crippen molar-refractivity contribution in [2.24, 2.45) is 0 Å². The van der Waals surface area contributed by atoms with E-state index in [1.807, 2.05) is 6.08 Å². The van der Waals surface area contributed by atoms with E-state index in [1.165, 1.54) is 36.2 Å². The predicted octanol–water partition coefficient (Wildman–Crippen LogP) is 4.43. The number of benzene rings is 2. The number of nitrogens with one attached hydrogen (secondary N) is 1. The monoisotopic (exact) mass is 420 g/mol. The van der Waals surface area contributed by atoms with Crippen LogP contribution in [-0.4, -0.2) is 20.8 Å². The van der Waals surface area contributed by atoms with Crippen molar-refractivity contribution < 1.29 is 14.6 Å². The van der Waals surface area contributed by atoms with Gasteiger partial charge in [-0.15, -0.1) is 0 Å². The Kier molecular flexibility index (Phi) is 5.24. The molecule has 1 N–H and O–H groups in total. The van der Waals surface area contributed by atoms with E-state index in [-0.39, 0.29) is 17.3 Å². The molecule has 1 amide bonds. The van der Waals surface area contributed by atoms with Crippen LogP contribution in [0.4, 0.5) is 11.4 Å². The number of hydrogen-bond donors (Lipinski definition) is 1. The number of hydrazine groups is 1. The van der Waals surface area contributed by atoms with Gasteiger partial charge in [0.15, 0.2) is 0 Å². The van der Waals surface area contributed by atoms with Crippen molar-refractivity contribution in [2.75, 3.05) is 0 Å². The molecule has 158 valence electrons. The van der Waals surface area contributed by atoms with Crippen LogP contribution < -0.4 is 5.43 Å². The first-order chi connectivity index (χ1) is 14.8. The van der Waals surface area contributed by atoms with E-state index in [1.54, 1.807) is 24.3 Å². The molecule has 2 aliphatic rings. The van der Waals surface area contributed by atoms with Gasteiger partial charge in [0, 0.05) is 31.2 Å². The van der Waals surface area contributed by atoms with Gasteiger partial charge in [-0.05, 0) is 47.6 Å². The van der Waals surface area contributed by atoms with Crippen LogP contribution >= 0.6 is 0 Å². The number of carbonyl (C=O) groups excluding carboxylic acids is 1. The second-order valence-corrected chi connectivity index (χ2v) is 7.53. The lowest BCUT2D eigenvalue weighted by Gasteiger charge is -2.25. The average molecular weight is 420 g/mol. The van der Waals surface area contributed by atoms with Gasteiger partial charge in [-0.1, -0.05) is 24.3 Å². The molecular weight excluding hydrogens is 400 g/mol. The zero-order valence-electron chi connectivity index (χ0n) is 16.8. The van der Waals surface area contributed by atoms with Crippen LogP contribution in [0.5, 0.6) is 0 Å². The molecule has 9 heteroatoms. The number of nitro groups is 2. The summed E-state index contributed by atoms with van der Waals surface area (Å²) in [7, 11) is 0. The maximum absolute atomic E-state index is 12.4. The Labute approximate surface area is 177 Å². The third kappa shape index (κ3) is 3.89. The molecule has 0 fully saturated rings. The minimum atomic E-state index is -0.451. The van der Waals surface area contributed by atoms with Crippen molar-refractivity contribution in [3.8, 4) is 0 Å². The van der Waals surface area contributed by atoms with Gasteiger partial charge in [0.25, 0.3) is 11.4 Å². The number of rotatable bonds is 4. The van der Waals surface area contributed by atoms with Crippen LogP contribution in [0.15, 0.2) is 65.4 Å². The summed E-state index contributed by atoms with van der Waals surface area (Å²) in [5, 5.41) is 23.8. The molecule has 2 aromatic rings. The molecule has 1 aliphatic carbocycles. The standard InChI is InChI=1S/C22H20N4O5/c1-14(27)24-22(17-7-3-9-19(13-17)26(30)31)20-10-4-6-16(21(20)23-24)11-15-5-2-8-18(12-15)25(28)29/h2-3,5,7-9,11-13,22-23H,4,6,10H2,1H3/b16-11+/t22-/m0/s1. The molecular formula is C22H20N4O5. The summed E-state index contributed by atoms with van der Waals surface area (Å²) in [5.74, 6) is -0.208. The summed E-state index contributed by atoms with van der Waals surface area (Å²) in [4.78, 5) is 33.8. The van der Waals surface area contributed by atoms with Crippen molar-refractivity contribution >= 4 is 23.4 Å². The van der Waals surface area contributed by atoms with E-state index in [4.69, 9.17) is 0 Å². The highest BCUT2D eigenvalue weighted by Crippen LogP contribution is 2.44. The molecule has 0 radical (unpaired) electrons. The summed E-state index contributed by atoms with van der Waals surface area (Å²) in [5.41, 5.74) is 7.28. The van der Waals surface area contributed by atoms with Gasteiger partial charge in [-0.3, -0.25) is 30.4 Å². The molecule has 0 saturated heterocycles. The summed E-state index contributed by atoms with van der Waals surface area (Å²) >= 11 is 0. The molecule has 1 aliphatic heterocycles. The number of nitro benzene ring substituents is 2. The molecule has 31 heavy (non-hydrogen) atoms. The fourth-order valence-electron chi connectivity index (χ4n) is 4.18. The first kappa shape index (κ1) is 20.3. The fourth-order valence-corrected chi connectivity index (χ4v) is 4.18. The van der Waals surface area contributed by atoms with Crippen molar-refractivity contribution in [2.45, 2.75) is 32.2 Å². The fraction of sp³-hybridized carbons (Fsp3) is 0.227. The van der Waals surface area contributed by atoms with Gasteiger partial charge in [-0.2, -0.15) is 0 Å². The van der Waals surface area contributed by atoms with E-state index in [0.717, 1.165) is 36.1 Å². The molecule has 0 saturated carbocycles. The second-order valence-electron chi connectivity index (χ2n) is 7.53. The number of amides is 1. The van der Waals surface area contributed by atoms with Gasteiger partial charge < -0.3 is 0 Å². The first-order valence-corrected chi connectivity index (χ1v) is 9.84. The van der Waals surface area contributed by atoms with Crippen LogP contribution in [0.25, 0.3) is 6.08 Å². The van der Waals surface area contributed by atoms with E-state index in [0.29, 0.717) is 11.1 Å². The minimum Gasteiger partial charge on any atom is -0.295 e. The predicted molar refractivity (Wildman–Crippen MR) is 113 cm³/mol. The van der Waals surface area contributed by atoms with Gasteiger partial charge in [0.05, 0.1) is 15.5 Å². The largest absolute Gasteiger partial charge is 0.295 e. The van der Waals surface area contributed by atoms with Crippen LogP contribution in [-0.2, 0) is 4.79 Å². The molecule has 0 unspecified atom stereocenters. The number of carbonyl (C=O) groups is 1. The van der Waals surface area contributed by atoms with Crippen molar-refractivity contribution in [1.29, 1.82) is 0 Å². The third-order valence-electron chi connectivity index (χ3n) is 5.51. The smallest absolute Gasteiger partial charge is 0.270 e. The van der Waals surface area contributed by atoms with E-state index in [2.05, 4.69) is 5.43 Å². The lowest BCUT2D eigenvalue weighted by atomic mass is 9.85. The Morgan fingerprint density at radius 2 is 1.74 bits per heavy atom. The lowest BCUT2D eigenvalue weighted by molar-refractivity contribution is -0.385. The molecule has 4 rings (SSSR count). The maximum Gasteiger partial charge on any atom is 0.270 e. The summed E-state index contributed by atoms with van der Waals surface area (Å²) in [6, 6.07) is 12.3. The minimum absolute atomic E-state index is 0.0126. The van der Waals surface area contributed by atoms with Crippen LogP contribution in [0.3, 0.4) is 0 Å². The van der Waals surface area contributed by atoms with Crippen LogP contribution in [0, 0.1) is 20.2 Å². The van der Waals surface area contributed by atoms with Gasteiger partial charge in [-0.25, -0.2) is 5.01 Å². The Bertz CT molecular complexity index is 1150. The van der Waals surface area contributed by atoms with Crippen molar-refractivity contribution in [3.05, 3.63) is 96.7 Å². The highest BCUT2D eigenvalue weighted by atomic mass is 16.6. The number of allylic oxidation sites excluding steroid dienone is 1. The zero-order valence-corrected chi connectivity index (χ0v) is 16.8. The summed E-state index contributed by atoms with van der Waals surface area (Å²) in [6.45, 7) is 1.44. The normalized spacial score (nSPS) is 19.2. The molecule has 1 heterocycles. The Morgan fingerprint density at radius 1 is 1.06 bits per heavy atom. The molecule has 1 atom stereocenters. The average Bonchev–Trinajstić information content (AvgIpc) is 3.15. The molecule has 2 aromatic carbocycles. The van der Waals surface area contributed by atoms with E-state index >= 15 is 0 Å². The Balaban J connectivity index is 1.78. The lowest BCUT2D eigenvalue weighted by Crippen LogP contribution is -2.38. The van der Waals surface area contributed by atoms with Crippen molar-refractivity contribution in [1.82, 2.24) is 10.4 Å². The number of non-ortho nitro benzene ring substituents is 2. The van der Waals surface area contributed by atoms with E-state index in [9.17, 15) is 25.0 Å². The third-order valence-corrected chi connectivity index (χ3v) is 5.51. The van der Waals surface area contributed by atoms with Gasteiger partial charge in [0.2, 0.25) is 5.91 Å². The maximum atomic E-state index is 12.4. The highest BCUT2D eigenvalue weighted by Gasteiger charge is 2.38. The summed E-state index contributed by atoms with van der Waals surface area (Å²) in [6.07, 6.45) is 4.23. The van der Waals surface area contributed by atoms with Crippen LogP contribution in [0.2, 0.25) is 0 Å². The first-order valence-electron chi connectivity index (χ1n) is 9.84.